The highest BCUT2D eigenvalue weighted by atomic mass is 16.2. The van der Waals surface area contributed by atoms with Crippen LogP contribution in [0.1, 0.15) is 6.92 Å². The first-order valence-electron chi connectivity index (χ1n) is 5.89. The van der Waals surface area contributed by atoms with Crippen LogP contribution in [0.15, 0.2) is 24.3 Å². The van der Waals surface area contributed by atoms with Crippen molar-refractivity contribution in [1.82, 2.24) is 5.32 Å². The predicted molar refractivity (Wildman–Crippen MR) is 70.8 cm³/mol. The van der Waals surface area contributed by atoms with Crippen molar-refractivity contribution in [1.29, 1.82) is 0 Å². The Morgan fingerprint density at radius 3 is 2.72 bits per heavy atom. The summed E-state index contributed by atoms with van der Waals surface area (Å²) >= 11 is 0. The number of amides is 3. The van der Waals surface area contributed by atoms with Gasteiger partial charge in [0.05, 0.1) is 5.92 Å². The predicted octanol–water partition coefficient (Wildman–Crippen LogP) is 1.44. The number of nitrogens with zero attached hydrogens (tertiary/aromatic N) is 2. The van der Waals surface area contributed by atoms with Gasteiger partial charge in [0.25, 0.3) is 0 Å². The molecule has 1 unspecified atom stereocenters. The fourth-order valence-corrected chi connectivity index (χ4v) is 1.90. The second-order valence-corrected chi connectivity index (χ2v) is 4.72. The van der Waals surface area contributed by atoms with Gasteiger partial charge in [-0.2, -0.15) is 0 Å². The molecule has 1 aromatic rings. The van der Waals surface area contributed by atoms with E-state index >= 15 is 0 Å². The lowest BCUT2D eigenvalue weighted by atomic mass is 10.1. The molecule has 0 aromatic heterocycles. The van der Waals surface area contributed by atoms with Crippen LogP contribution in [0.5, 0.6) is 0 Å². The number of anilines is 2. The van der Waals surface area contributed by atoms with Crippen molar-refractivity contribution >= 4 is 23.3 Å². The average molecular weight is 247 g/mol. The molecule has 5 nitrogen and oxygen atoms in total. The molecule has 5 heteroatoms. The van der Waals surface area contributed by atoms with Gasteiger partial charge in [-0.05, 0) is 18.2 Å². The topological polar surface area (TPSA) is 52.6 Å². The number of hydrogen-bond donors (Lipinski definition) is 1. The molecule has 0 bridgehead atoms. The van der Waals surface area contributed by atoms with Crippen LogP contribution in [0.25, 0.3) is 0 Å². The van der Waals surface area contributed by atoms with Gasteiger partial charge >= 0.3 is 6.03 Å². The number of hydrogen-bond acceptors (Lipinski definition) is 3. The van der Waals surface area contributed by atoms with Crippen molar-refractivity contribution in [3.8, 4) is 0 Å². The van der Waals surface area contributed by atoms with E-state index in [2.05, 4.69) is 5.32 Å². The van der Waals surface area contributed by atoms with E-state index < -0.39 is 0 Å². The van der Waals surface area contributed by atoms with Crippen molar-refractivity contribution in [2.45, 2.75) is 6.92 Å². The van der Waals surface area contributed by atoms with Gasteiger partial charge in [-0.3, -0.25) is 15.0 Å². The first kappa shape index (κ1) is 12.4. The van der Waals surface area contributed by atoms with Crippen LogP contribution >= 0.6 is 0 Å². The summed E-state index contributed by atoms with van der Waals surface area (Å²) in [6.07, 6.45) is 0. The molecular formula is C13H17N3O2. The third-order valence-corrected chi connectivity index (χ3v) is 3.04. The van der Waals surface area contributed by atoms with Crippen molar-refractivity contribution in [3.05, 3.63) is 24.3 Å². The SMILES string of the molecule is CC1CN(c2cccc(N(C)C)c2)C(=O)NC1=O. The van der Waals surface area contributed by atoms with Crippen LogP contribution in [0.2, 0.25) is 0 Å². The molecule has 1 saturated heterocycles. The zero-order chi connectivity index (χ0) is 13.3. The van der Waals surface area contributed by atoms with Gasteiger partial charge in [-0.1, -0.05) is 13.0 Å². The van der Waals surface area contributed by atoms with E-state index in [0.29, 0.717) is 6.54 Å². The van der Waals surface area contributed by atoms with E-state index in [1.165, 1.54) is 0 Å². The molecule has 1 aliphatic heterocycles. The summed E-state index contributed by atoms with van der Waals surface area (Å²) in [6.45, 7) is 2.23. The fourth-order valence-electron chi connectivity index (χ4n) is 1.90. The Kier molecular flexibility index (Phi) is 3.23. The van der Waals surface area contributed by atoms with Crippen molar-refractivity contribution in [3.63, 3.8) is 0 Å². The lowest BCUT2D eigenvalue weighted by molar-refractivity contribution is -0.123. The fraction of sp³-hybridized carbons (Fsp3) is 0.385. The van der Waals surface area contributed by atoms with Gasteiger partial charge in [-0.25, -0.2) is 4.79 Å². The summed E-state index contributed by atoms with van der Waals surface area (Å²) in [5, 5.41) is 2.36. The maximum atomic E-state index is 11.8. The van der Waals surface area contributed by atoms with Gasteiger partial charge in [0.2, 0.25) is 5.91 Å². The Balaban J connectivity index is 2.28. The average Bonchev–Trinajstić information content (AvgIpc) is 2.34. The molecule has 0 aliphatic carbocycles. The second-order valence-electron chi connectivity index (χ2n) is 4.72. The Morgan fingerprint density at radius 2 is 2.06 bits per heavy atom. The van der Waals surface area contributed by atoms with Gasteiger partial charge in [0.15, 0.2) is 0 Å². The number of rotatable bonds is 2. The highest BCUT2D eigenvalue weighted by molar-refractivity contribution is 6.06. The molecule has 0 saturated carbocycles. The Bertz CT molecular complexity index is 485. The molecule has 1 atom stereocenters. The van der Waals surface area contributed by atoms with Gasteiger partial charge in [0, 0.05) is 32.0 Å². The normalized spacial score (nSPS) is 19.7. The summed E-state index contributed by atoms with van der Waals surface area (Å²) in [5.74, 6) is -0.397. The van der Waals surface area contributed by atoms with E-state index in [1.807, 2.05) is 50.2 Å². The smallest absolute Gasteiger partial charge is 0.328 e. The minimum atomic E-state index is -0.353. The summed E-state index contributed by atoms with van der Waals surface area (Å²) in [7, 11) is 3.89. The third kappa shape index (κ3) is 2.30. The minimum Gasteiger partial charge on any atom is -0.378 e. The van der Waals surface area contributed by atoms with Crippen LogP contribution < -0.4 is 15.1 Å². The van der Waals surface area contributed by atoms with E-state index in [1.54, 1.807) is 4.90 Å². The van der Waals surface area contributed by atoms with Crippen LogP contribution in [0, 0.1) is 5.92 Å². The van der Waals surface area contributed by atoms with Crippen LogP contribution in [-0.4, -0.2) is 32.6 Å². The van der Waals surface area contributed by atoms with Crippen molar-refractivity contribution < 1.29 is 9.59 Å². The molecule has 3 amide bonds. The summed E-state index contributed by atoms with van der Waals surface area (Å²) in [5.41, 5.74) is 1.82. The lowest BCUT2D eigenvalue weighted by Gasteiger charge is -2.30. The number of urea groups is 1. The summed E-state index contributed by atoms with van der Waals surface area (Å²) in [6, 6.07) is 7.32. The van der Waals surface area contributed by atoms with Gasteiger partial charge in [0.1, 0.15) is 0 Å². The Labute approximate surface area is 106 Å². The van der Waals surface area contributed by atoms with Crippen LogP contribution in [0.3, 0.4) is 0 Å². The highest BCUT2D eigenvalue weighted by Crippen LogP contribution is 2.23. The van der Waals surface area contributed by atoms with E-state index in [9.17, 15) is 9.59 Å². The number of imide groups is 1. The quantitative estimate of drug-likeness (QED) is 0.860. The zero-order valence-electron chi connectivity index (χ0n) is 10.8. The van der Waals surface area contributed by atoms with E-state index in [4.69, 9.17) is 0 Å². The first-order valence-corrected chi connectivity index (χ1v) is 5.89. The summed E-state index contributed by atoms with van der Waals surface area (Å²) in [4.78, 5) is 26.8. The van der Waals surface area contributed by atoms with Gasteiger partial charge < -0.3 is 4.90 Å². The molecule has 1 N–H and O–H groups in total. The monoisotopic (exact) mass is 247 g/mol. The minimum absolute atomic E-state index is 0.189. The van der Waals surface area contributed by atoms with Gasteiger partial charge in [-0.15, -0.1) is 0 Å². The van der Waals surface area contributed by atoms with E-state index in [0.717, 1.165) is 11.4 Å². The Morgan fingerprint density at radius 1 is 1.33 bits per heavy atom. The van der Waals surface area contributed by atoms with Crippen LogP contribution in [-0.2, 0) is 4.79 Å². The van der Waals surface area contributed by atoms with Crippen molar-refractivity contribution in [2.75, 3.05) is 30.4 Å². The molecule has 18 heavy (non-hydrogen) atoms. The maximum absolute atomic E-state index is 11.8. The van der Waals surface area contributed by atoms with E-state index in [-0.39, 0.29) is 17.9 Å². The van der Waals surface area contributed by atoms with Crippen LogP contribution in [0.4, 0.5) is 16.2 Å². The molecular weight excluding hydrogens is 230 g/mol. The molecule has 1 heterocycles. The number of carbonyl (C=O) groups excluding carboxylic acids is 2. The maximum Gasteiger partial charge on any atom is 0.328 e. The number of benzene rings is 1. The highest BCUT2D eigenvalue weighted by Gasteiger charge is 2.30. The lowest BCUT2D eigenvalue weighted by Crippen LogP contribution is -2.53. The largest absolute Gasteiger partial charge is 0.378 e. The third-order valence-electron chi connectivity index (χ3n) is 3.04. The number of nitrogens with one attached hydrogen (secondary N) is 1. The Hall–Kier alpha value is -2.04. The first-order chi connectivity index (χ1) is 8.49. The standard InChI is InChI=1S/C13H17N3O2/c1-9-8-16(13(18)14-12(9)17)11-6-4-5-10(7-11)15(2)3/h4-7,9H,8H2,1-3H3,(H,14,17,18). The molecule has 2 rings (SSSR count). The summed E-state index contributed by atoms with van der Waals surface area (Å²) < 4.78 is 0. The molecule has 1 aromatic carbocycles. The number of carbonyl (C=O) groups is 2. The molecule has 0 radical (unpaired) electrons. The molecule has 0 spiro atoms. The second kappa shape index (κ2) is 4.68. The zero-order valence-corrected chi connectivity index (χ0v) is 10.8. The molecule has 1 fully saturated rings. The molecule has 96 valence electrons. The van der Waals surface area contributed by atoms with Crippen molar-refractivity contribution in [2.24, 2.45) is 5.92 Å². The molecule has 1 aliphatic rings.